The van der Waals surface area contributed by atoms with Crippen LogP contribution in [0.2, 0.25) is 10.0 Å². The van der Waals surface area contributed by atoms with Gasteiger partial charge in [0.1, 0.15) is 0 Å². The molecule has 0 atom stereocenters. The van der Waals surface area contributed by atoms with Gasteiger partial charge >= 0.3 is 0 Å². The van der Waals surface area contributed by atoms with Gasteiger partial charge in [-0.15, -0.1) is 0 Å². The Labute approximate surface area is 172 Å². The summed E-state index contributed by atoms with van der Waals surface area (Å²) in [6.07, 6.45) is 1.60. The Balaban J connectivity index is 1.94. The van der Waals surface area contributed by atoms with Crippen LogP contribution >= 0.6 is 63.1 Å². The number of nitrogens with zero attached hydrogens (tertiary/aromatic N) is 1. The fourth-order valence-electron chi connectivity index (χ4n) is 2.16. The van der Waals surface area contributed by atoms with Crippen LogP contribution in [0.25, 0.3) is 6.08 Å². The quantitative estimate of drug-likeness (QED) is 0.314. The third-order valence-electron chi connectivity index (χ3n) is 3.35. The molecule has 3 rings (SSSR count). The molecule has 2 aromatic carbocycles. The van der Waals surface area contributed by atoms with Crippen LogP contribution in [0.3, 0.4) is 0 Å². The van der Waals surface area contributed by atoms with Gasteiger partial charge in [0.05, 0.1) is 10.5 Å². The lowest BCUT2D eigenvalue weighted by atomic mass is 10.2. The highest BCUT2D eigenvalue weighted by Gasteiger charge is 2.37. The molecule has 0 radical (unpaired) electrons. The summed E-state index contributed by atoms with van der Waals surface area (Å²) in [5.41, 5.74) is 0.990. The maximum Gasteiger partial charge on any atom is 0.273 e. The summed E-state index contributed by atoms with van der Waals surface area (Å²) in [6, 6.07) is 11.8. The van der Waals surface area contributed by atoms with Crippen LogP contribution in [0.4, 0.5) is 0 Å². The maximum absolute atomic E-state index is 12.7. The van der Waals surface area contributed by atoms with Crippen LogP contribution in [-0.4, -0.2) is 21.0 Å². The van der Waals surface area contributed by atoms with E-state index >= 15 is 0 Å². The smallest absolute Gasteiger partial charge is 0.268 e. The molecule has 1 heterocycles. The highest BCUT2D eigenvalue weighted by molar-refractivity contribution is 9.10. The minimum atomic E-state index is -0.472. The predicted octanol–water partition coefficient (Wildman–Crippen LogP) is 5.80. The lowest BCUT2D eigenvalue weighted by Gasteiger charge is -2.13. The predicted molar refractivity (Wildman–Crippen MR) is 110 cm³/mol. The lowest BCUT2D eigenvalue weighted by molar-refractivity contribution is -0.120. The van der Waals surface area contributed by atoms with Gasteiger partial charge in [-0.2, -0.15) is 0 Å². The minimum absolute atomic E-state index is 0.182. The van der Waals surface area contributed by atoms with Gasteiger partial charge in [-0.25, -0.2) is 4.90 Å². The number of thiocarbonyl (C=S) groups is 1. The number of benzene rings is 2. The summed E-state index contributed by atoms with van der Waals surface area (Å²) >= 11 is 21.6. The van der Waals surface area contributed by atoms with Crippen LogP contribution in [0.5, 0.6) is 0 Å². The van der Waals surface area contributed by atoms with Crippen LogP contribution in [0, 0.1) is 0 Å². The molecule has 0 bridgehead atoms. The van der Waals surface area contributed by atoms with E-state index in [4.69, 9.17) is 35.4 Å². The molecule has 8 heteroatoms. The van der Waals surface area contributed by atoms with Gasteiger partial charge in [0, 0.05) is 14.5 Å². The molecule has 0 spiro atoms. The summed E-state index contributed by atoms with van der Waals surface area (Å²) in [5.74, 6) is -0.942. The van der Waals surface area contributed by atoms with E-state index in [0.29, 0.717) is 30.6 Å². The van der Waals surface area contributed by atoms with Crippen molar-refractivity contribution in [2.24, 2.45) is 0 Å². The van der Waals surface area contributed by atoms with E-state index in [1.54, 1.807) is 48.5 Å². The molecule has 1 aliphatic heterocycles. The van der Waals surface area contributed by atoms with Crippen LogP contribution in [-0.2, 0) is 4.79 Å². The molecule has 1 saturated heterocycles. The van der Waals surface area contributed by atoms with Gasteiger partial charge in [-0.05, 0) is 51.8 Å². The van der Waals surface area contributed by atoms with Gasteiger partial charge < -0.3 is 0 Å². The molecule has 1 aliphatic rings. The zero-order valence-electron chi connectivity index (χ0n) is 12.3. The van der Waals surface area contributed by atoms with Crippen LogP contribution < -0.4 is 0 Å². The van der Waals surface area contributed by atoms with Gasteiger partial charge in [0.15, 0.2) is 4.32 Å². The van der Waals surface area contributed by atoms with E-state index in [1.165, 1.54) is 0 Å². The van der Waals surface area contributed by atoms with E-state index in [-0.39, 0.29) is 4.32 Å². The molecule has 2 aromatic rings. The van der Waals surface area contributed by atoms with Crippen LogP contribution in [0.15, 0.2) is 51.8 Å². The van der Waals surface area contributed by atoms with Crippen molar-refractivity contribution in [2.45, 2.75) is 0 Å². The Hall–Kier alpha value is -1.18. The minimum Gasteiger partial charge on any atom is -0.268 e. The van der Waals surface area contributed by atoms with Crippen molar-refractivity contribution in [2.75, 3.05) is 0 Å². The average molecular weight is 473 g/mol. The molecule has 0 unspecified atom stereocenters. The normalized spacial score (nSPS) is 16.0. The molecule has 0 aromatic heterocycles. The first kappa shape index (κ1) is 18.6. The Bertz CT molecular complexity index is 946. The molecule has 1 fully saturated rings. The second-order valence-electron chi connectivity index (χ2n) is 4.97. The number of carbonyl (C=O) groups is 2. The SMILES string of the molecule is O=C1/C(=C\c2ccc(Cl)cc2Cl)SC(=S)N1C(=O)c1ccccc1Br. The number of hydrogen-bond acceptors (Lipinski definition) is 4. The summed E-state index contributed by atoms with van der Waals surface area (Å²) in [6.45, 7) is 0. The topological polar surface area (TPSA) is 37.4 Å². The van der Waals surface area contributed by atoms with E-state index in [2.05, 4.69) is 15.9 Å². The summed E-state index contributed by atoms with van der Waals surface area (Å²) in [4.78, 5) is 26.7. The number of hydrogen-bond donors (Lipinski definition) is 0. The van der Waals surface area contributed by atoms with E-state index in [9.17, 15) is 9.59 Å². The first-order chi connectivity index (χ1) is 11.9. The first-order valence-corrected chi connectivity index (χ1v) is 9.67. The molecule has 0 aliphatic carbocycles. The zero-order valence-corrected chi connectivity index (χ0v) is 17.1. The number of thioether (sulfide) groups is 1. The molecule has 2 amide bonds. The summed E-state index contributed by atoms with van der Waals surface area (Å²) in [5, 5.41) is 0.911. The van der Waals surface area contributed by atoms with E-state index < -0.39 is 11.8 Å². The fourth-order valence-corrected chi connectivity index (χ4v) is 4.32. The van der Waals surface area contributed by atoms with Crippen molar-refractivity contribution < 1.29 is 9.59 Å². The largest absolute Gasteiger partial charge is 0.273 e. The number of amides is 2. The first-order valence-electron chi connectivity index (χ1n) is 6.90. The molecule has 3 nitrogen and oxygen atoms in total. The van der Waals surface area contributed by atoms with Gasteiger partial charge in [0.2, 0.25) is 0 Å². The third-order valence-corrected chi connectivity index (χ3v) is 5.91. The second kappa shape index (κ2) is 7.60. The standard InChI is InChI=1S/C17H8BrCl2NO2S2/c18-12-4-2-1-3-11(12)15(22)21-16(23)14(25-17(21)24)7-9-5-6-10(19)8-13(9)20/h1-8H/b14-7+. The maximum atomic E-state index is 12.7. The summed E-state index contributed by atoms with van der Waals surface area (Å²) < 4.78 is 0.779. The monoisotopic (exact) mass is 471 g/mol. The summed E-state index contributed by atoms with van der Waals surface area (Å²) in [7, 11) is 0. The molecule has 0 saturated carbocycles. The van der Waals surface area contributed by atoms with Gasteiger partial charge in [0.25, 0.3) is 11.8 Å². The molecular formula is C17H8BrCl2NO2S2. The van der Waals surface area contributed by atoms with Gasteiger partial charge in [-0.3, -0.25) is 9.59 Å². The highest BCUT2D eigenvalue weighted by Crippen LogP contribution is 2.35. The van der Waals surface area contributed by atoms with Crippen molar-refractivity contribution in [1.29, 1.82) is 0 Å². The second-order valence-corrected chi connectivity index (χ2v) is 8.34. The van der Waals surface area contributed by atoms with Crippen molar-refractivity contribution in [3.63, 3.8) is 0 Å². The number of halogens is 3. The average Bonchev–Trinajstić information content (AvgIpc) is 2.84. The molecule has 0 N–H and O–H groups in total. The van der Waals surface area contributed by atoms with Crippen molar-refractivity contribution in [3.05, 3.63) is 73.0 Å². The van der Waals surface area contributed by atoms with E-state index in [0.717, 1.165) is 16.7 Å². The molecular weight excluding hydrogens is 465 g/mol. The zero-order chi connectivity index (χ0) is 18.1. The lowest BCUT2D eigenvalue weighted by Crippen LogP contribution is -2.34. The Kier molecular flexibility index (Phi) is 5.65. The fraction of sp³-hybridized carbons (Fsp3) is 0. The highest BCUT2D eigenvalue weighted by atomic mass is 79.9. The number of rotatable bonds is 2. The van der Waals surface area contributed by atoms with Crippen molar-refractivity contribution in [1.82, 2.24) is 4.90 Å². The molecule has 25 heavy (non-hydrogen) atoms. The number of carbonyl (C=O) groups excluding carboxylic acids is 2. The van der Waals surface area contributed by atoms with Gasteiger partial charge in [-0.1, -0.05) is 65.4 Å². The Morgan fingerprint density at radius 1 is 1.20 bits per heavy atom. The van der Waals surface area contributed by atoms with E-state index in [1.807, 2.05) is 0 Å². The Morgan fingerprint density at radius 2 is 1.92 bits per heavy atom. The third kappa shape index (κ3) is 3.83. The molecule has 126 valence electrons. The number of imide groups is 1. The van der Waals surface area contributed by atoms with Crippen molar-refractivity contribution in [3.8, 4) is 0 Å². The van der Waals surface area contributed by atoms with Crippen molar-refractivity contribution >= 4 is 85.3 Å². The Morgan fingerprint density at radius 3 is 2.60 bits per heavy atom. The van der Waals surface area contributed by atoms with Crippen LogP contribution in [0.1, 0.15) is 15.9 Å².